The van der Waals surface area contributed by atoms with Crippen molar-refractivity contribution < 1.29 is 23.5 Å². The molecule has 0 aromatic carbocycles. The minimum Gasteiger partial charge on any atom is -0.459 e. The van der Waals surface area contributed by atoms with Crippen molar-refractivity contribution in [3.05, 3.63) is 46.5 Å². The van der Waals surface area contributed by atoms with Crippen LogP contribution in [0.2, 0.25) is 0 Å². The largest absolute Gasteiger partial charge is 0.459 e. The Morgan fingerprint density at radius 1 is 1.11 bits per heavy atom. The molecule has 9 heteroatoms. The van der Waals surface area contributed by atoms with Gasteiger partial charge in [-0.1, -0.05) is 6.07 Å². The summed E-state index contributed by atoms with van der Waals surface area (Å²) < 4.78 is 10.5. The van der Waals surface area contributed by atoms with E-state index in [1.165, 1.54) is 6.26 Å². The van der Waals surface area contributed by atoms with Crippen molar-refractivity contribution in [2.75, 3.05) is 39.4 Å². The Hall–Kier alpha value is -2.65. The van der Waals surface area contributed by atoms with Gasteiger partial charge >= 0.3 is 0 Å². The molecule has 0 aliphatic carbocycles. The van der Waals surface area contributed by atoms with E-state index in [4.69, 9.17) is 9.15 Å². The number of carbonyl (C=O) groups is 3. The summed E-state index contributed by atoms with van der Waals surface area (Å²) in [6.45, 7) is 2.30. The van der Waals surface area contributed by atoms with Crippen LogP contribution in [0.5, 0.6) is 0 Å². The molecule has 0 spiro atoms. The summed E-state index contributed by atoms with van der Waals surface area (Å²) in [6.07, 6.45) is 1.47. The molecular formula is C19H21N3O5S. The van der Waals surface area contributed by atoms with Gasteiger partial charge in [-0.2, -0.15) is 0 Å². The highest BCUT2D eigenvalue weighted by atomic mass is 32.1. The third-order valence-electron chi connectivity index (χ3n) is 5.00. The molecule has 0 radical (unpaired) electrons. The summed E-state index contributed by atoms with van der Waals surface area (Å²) in [6, 6.07) is 6.56. The SMILES string of the molecule is O=C(c1ccco1)N1CCN(C(=O)C2COCC(=O)N2Cc2cccs2)CC1. The van der Waals surface area contributed by atoms with Crippen molar-refractivity contribution >= 4 is 29.1 Å². The molecule has 28 heavy (non-hydrogen) atoms. The van der Waals surface area contributed by atoms with E-state index in [1.54, 1.807) is 38.2 Å². The molecule has 4 heterocycles. The van der Waals surface area contributed by atoms with Crippen LogP contribution in [0, 0.1) is 0 Å². The molecular weight excluding hydrogens is 382 g/mol. The number of nitrogens with zero attached hydrogens (tertiary/aromatic N) is 3. The summed E-state index contributed by atoms with van der Waals surface area (Å²) in [4.78, 5) is 43.8. The van der Waals surface area contributed by atoms with Crippen molar-refractivity contribution in [3.8, 4) is 0 Å². The van der Waals surface area contributed by atoms with Crippen LogP contribution >= 0.6 is 11.3 Å². The van der Waals surface area contributed by atoms with Crippen LogP contribution in [0.4, 0.5) is 0 Å². The Bertz CT molecular complexity index is 828. The molecule has 2 aliphatic heterocycles. The average Bonchev–Trinajstić information content (AvgIpc) is 3.43. The second-order valence-electron chi connectivity index (χ2n) is 6.73. The van der Waals surface area contributed by atoms with Crippen molar-refractivity contribution in [3.63, 3.8) is 0 Å². The fourth-order valence-electron chi connectivity index (χ4n) is 3.47. The molecule has 0 N–H and O–H groups in total. The first-order valence-corrected chi connectivity index (χ1v) is 10.0. The molecule has 3 amide bonds. The van der Waals surface area contributed by atoms with Crippen LogP contribution in [-0.2, 0) is 20.9 Å². The molecule has 0 bridgehead atoms. The van der Waals surface area contributed by atoms with Crippen LogP contribution in [0.3, 0.4) is 0 Å². The Labute approximate surface area is 166 Å². The monoisotopic (exact) mass is 403 g/mol. The molecule has 2 aliphatic rings. The molecule has 2 aromatic heterocycles. The molecule has 148 valence electrons. The summed E-state index contributed by atoms with van der Waals surface area (Å²) in [5.74, 6) is -0.180. The number of furan rings is 1. The van der Waals surface area contributed by atoms with Crippen LogP contribution in [0.25, 0.3) is 0 Å². The van der Waals surface area contributed by atoms with Gasteiger partial charge < -0.3 is 23.9 Å². The highest BCUT2D eigenvalue weighted by molar-refractivity contribution is 7.09. The van der Waals surface area contributed by atoms with Gasteiger partial charge in [0, 0.05) is 31.1 Å². The third kappa shape index (κ3) is 3.81. The maximum Gasteiger partial charge on any atom is 0.289 e. The Balaban J connectivity index is 1.39. The van der Waals surface area contributed by atoms with Crippen LogP contribution in [0.15, 0.2) is 40.3 Å². The van der Waals surface area contributed by atoms with Gasteiger partial charge in [-0.05, 0) is 23.6 Å². The fraction of sp³-hybridized carbons (Fsp3) is 0.421. The lowest BCUT2D eigenvalue weighted by Gasteiger charge is -2.40. The average molecular weight is 403 g/mol. The van der Waals surface area contributed by atoms with E-state index in [0.29, 0.717) is 38.5 Å². The molecule has 2 saturated heterocycles. The van der Waals surface area contributed by atoms with Gasteiger partial charge in [0.05, 0.1) is 19.4 Å². The lowest BCUT2D eigenvalue weighted by molar-refractivity contribution is -0.160. The van der Waals surface area contributed by atoms with E-state index in [0.717, 1.165) is 4.88 Å². The number of ether oxygens (including phenoxy) is 1. The maximum absolute atomic E-state index is 13.1. The number of amides is 3. The van der Waals surface area contributed by atoms with Crippen molar-refractivity contribution in [2.45, 2.75) is 12.6 Å². The topological polar surface area (TPSA) is 83.3 Å². The molecule has 1 unspecified atom stereocenters. The minimum atomic E-state index is -0.629. The van der Waals surface area contributed by atoms with Crippen molar-refractivity contribution in [1.82, 2.24) is 14.7 Å². The smallest absolute Gasteiger partial charge is 0.289 e. The molecule has 4 rings (SSSR count). The summed E-state index contributed by atoms with van der Waals surface area (Å²) in [5.41, 5.74) is 0. The van der Waals surface area contributed by atoms with Crippen molar-refractivity contribution in [2.24, 2.45) is 0 Å². The summed E-state index contributed by atoms with van der Waals surface area (Å²) in [5, 5.41) is 1.95. The number of morpholine rings is 1. The normalized spacial score (nSPS) is 20.5. The number of rotatable bonds is 4. The highest BCUT2D eigenvalue weighted by Gasteiger charge is 2.38. The van der Waals surface area contributed by atoms with Gasteiger partial charge in [-0.15, -0.1) is 11.3 Å². The minimum absolute atomic E-state index is 0.000577. The highest BCUT2D eigenvalue weighted by Crippen LogP contribution is 2.19. The third-order valence-corrected chi connectivity index (χ3v) is 5.86. The van der Waals surface area contributed by atoms with Crippen LogP contribution < -0.4 is 0 Å². The van der Waals surface area contributed by atoms with Gasteiger partial charge in [-0.3, -0.25) is 14.4 Å². The quantitative estimate of drug-likeness (QED) is 0.762. The predicted molar refractivity (Wildman–Crippen MR) is 101 cm³/mol. The molecule has 0 saturated carbocycles. The van der Waals surface area contributed by atoms with Gasteiger partial charge in [-0.25, -0.2) is 0 Å². The predicted octanol–water partition coefficient (Wildman–Crippen LogP) is 1.05. The first-order valence-electron chi connectivity index (χ1n) is 9.14. The zero-order valence-electron chi connectivity index (χ0n) is 15.3. The standard InChI is InChI=1S/C19H21N3O5S/c23-17-13-26-12-15(22(17)11-14-3-2-10-28-14)18(24)20-5-7-21(8-6-20)19(25)16-4-1-9-27-16/h1-4,9-10,15H,5-8,11-13H2. The van der Waals surface area contributed by atoms with E-state index in [-0.39, 0.29) is 30.9 Å². The first kappa shape index (κ1) is 18.7. The lowest BCUT2D eigenvalue weighted by atomic mass is 10.1. The number of carbonyl (C=O) groups excluding carboxylic acids is 3. The number of thiophene rings is 1. The maximum atomic E-state index is 13.1. The van der Waals surface area contributed by atoms with Crippen LogP contribution in [-0.4, -0.2) is 77.9 Å². The number of hydrogen-bond acceptors (Lipinski definition) is 6. The zero-order chi connectivity index (χ0) is 19.5. The molecule has 1 atom stereocenters. The fourth-order valence-corrected chi connectivity index (χ4v) is 4.18. The zero-order valence-corrected chi connectivity index (χ0v) is 16.1. The van der Waals surface area contributed by atoms with E-state index >= 15 is 0 Å². The van der Waals surface area contributed by atoms with E-state index in [1.807, 2.05) is 17.5 Å². The van der Waals surface area contributed by atoms with Crippen LogP contribution in [0.1, 0.15) is 15.4 Å². The van der Waals surface area contributed by atoms with E-state index in [9.17, 15) is 14.4 Å². The first-order chi connectivity index (χ1) is 13.6. The lowest BCUT2D eigenvalue weighted by Crippen LogP contribution is -2.60. The van der Waals surface area contributed by atoms with E-state index < -0.39 is 6.04 Å². The number of piperazine rings is 1. The Morgan fingerprint density at radius 2 is 1.89 bits per heavy atom. The second-order valence-corrected chi connectivity index (χ2v) is 7.76. The van der Waals surface area contributed by atoms with Gasteiger partial charge in [0.1, 0.15) is 12.6 Å². The second kappa shape index (κ2) is 8.15. The Morgan fingerprint density at radius 3 is 2.57 bits per heavy atom. The van der Waals surface area contributed by atoms with Crippen molar-refractivity contribution in [1.29, 1.82) is 0 Å². The van der Waals surface area contributed by atoms with Gasteiger partial charge in [0.25, 0.3) is 5.91 Å². The molecule has 2 fully saturated rings. The molecule has 2 aromatic rings. The van der Waals surface area contributed by atoms with Gasteiger partial charge in [0.15, 0.2) is 5.76 Å². The van der Waals surface area contributed by atoms with Gasteiger partial charge in [0.2, 0.25) is 11.8 Å². The summed E-state index contributed by atoms with van der Waals surface area (Å²) >= 11 is 1.56. The number of hydrogen-bond donors (Lipinski definition) is 0. The Kier molecular flexibility index (Phi) is 5.45. The summed E-state index contributed by atoms with van der Waals surface area (Å²) in [7, 11) is 0. The molecule has 8 nitrogen and oxygen atoms in total. The van der Waals surface area contributed by atoms with E-state index in [2.05, 4.69) is 0 Å².